The van der Waals surface area contributed by atoms with Crippen LogP contribution in [0.3, 0.4) is 0 Å². The van der Waals surface area contributed by atoms with Crippen LogP contribution in [0.4, 0.5) is 4.79 Å². The number of thioether (sulfide) groups is 1. The molecule has 1 heterocycles. The van der Waals surface area contributed by atoms with E-state index >= 15 is 0 Å². The summed E-state index contributed by atoms with van der Waals surface area (Å²) in [6, 6.07) is 14.4. The predicted octanol–water partition coefficient (Wildman–Crippen LogP) is 4.30. The Bertz CT molecular complexity index is 1190. The van der Waals surface area contributed by atoms with Crippen LogP contribution in [0.2, 0.25) is 5.02 Å². The van der Waals surface area contributed by atoms with Gasteiger partial charge >= 0.3 is 6.03 Å². The monoisotopic (exact) mass is 469 g/mol. The number of carbonyl (C=O) groups excluding carboxylic acids is 1. The third kappa shape index (κ3) is 6.25. The molecule has 3 aromatic rings. The lowest BCUT2D eigenvalue weighted by atomic mass is 10.1. The fraction of sp³-hybridized carbons (Fsp3) is 0.304. The highest BCUT2D eigenvalue weighted by Gasteiger charge is 2.15. The van der Waals surface area contributed by atoms with E-state index in [9.17, 15) is 9.59 Å². The molecule has 0 unspecified atom stereocenters. The summed E-state index contributed by atoms with van der Waals surface area (Å²) in [5.41, 5.74) is 1.91. The summed E-state index contributed by atoms with van der Waals surface area (Å²) in [6.45, 7) is 3.21. The standard InChI is InChI=1S/C23H24ClN5O2S/c1-2-10-29(14-21-27-20-12-18(24)7-8-19(20)22(30)28-21)23(31)26-9-11-32-15-17-6-4-3-5-16(17)13-25/h3-8,12H,2,9-11,14-15H2,1H3,(H,26,31)(H,27,28,30). The Morgan fingerprint density at radius 3 is 2.91 bits per heavy atom. The minimum Gasteiger partial charge on any atom is -0.337 e. The highest BCUT2D eigenvalue weighted by atomic mass is 35.5. The number of halogens is 1. The van der Waals surface area contributed by atoms with Gasteiger partial charge in [-0.3, -0.25) is 4.79 Å². The van der Waals surface area contributed by atoms with Crippen LogP contribution in [-0.4, -0.2) is 39.7 Å². The predicted molar refractivity (Wildman–Crippen MR) is 129 cm³/mol. The van der Waals surface area contributed by atoms with Crippen LogP contribution in [0, 0.1) is 11.3 Å². The second kappa shape index (κ2) is 11.6. The smallest absolute Gasteiger partial charge is 0.317 e. The van der Waals surface area contributed by atoms with Gasteiger partial charge in [-0.05, 0) is 36.2 Å². The van der Waals surface area contributed by atoms with Gasteiger partial charge in [0.2, 0.25) is 0 Å². The van der Waals surface area contributed by atoms with Crippen LogP contribution >= 0.6 is 23.4 Å². The van der Waals surface area contributed by atoms with Gasteiger partial charge in [-0.25, -0.2) is 9.78 Å². The number of hydrogen-bond acceptors (Lipinski definition) is 5. The van der Waals surface area contributed by atoms with E-state index in [2.05, 4.69) is 21.4 Å². The molecule has 0 aliphatic carbocycles. The third-order valence-corrected chi connectivity index (χ3v) is 6.00. The average molecular weight is 470 g/mol. The number of nitrogens with zero attached hydrogens (tertiary/aromatic N) is 3. The quantitative estimate of drug-likeness (QED) is 0.455. The average Bonchev–Trinajstić information content (AvgIpc) is 2.78. The number of urea groups is 1. The van der Waals surface area contributed by atoms with Gasteiger partial charge in [0.1, 0.15) is 5.82 Å². The molecule has 0 saturated heterocycles. The molecule has 0 spiro atoms. The molecule has 1 aromatic heterocycles. The van der Waals surface area contributed by atoms with Gasteiger partial charge in [-0.15, -0.1) is 0 Å². The molecule has 166 valence electrons. The molecule has 32 heavy (non-hydrogen) atoms. The van der Waals surface area contributed by atoms with E-state index in [4.69, 9.17) is 16.9 Å². The first-order valence-electron chi connectivity index (χ1n) is 10.3. The highest BCUT2D eigenvalue weighted by Crippen LogP contribution is 2.16. The third-order valence-electron chi connectivity index (χ3n) is 4.76. The summed E-state index contributed by atoms with van der Waals surface area (Å²) < 4.78 is 0. The van der Waals surface area contributed by atoms with Gasteiger partial charge in [0.05, 0.1) is 29.1 Å². The Balaban J connectivity index is 1.56. The zero-order valence-electron chi connectivity index (χ0n) is 17.7. The number of aromatic amines is 1. The summed E-state index contributed by atoms with van der Waals surface area (Å²) in [7, 11) is 0. The van der Waals surface area contributed by atoms with Crippen molar-refractivity contribution in [2.45, 2.75) is 25.6 Å². The van der Waals surface area contributed by atoms with Crippen molar-refractivity contribution in [3.63, 3.8) is 0 Å². The number of nitrogens with one attached hydrogen (secondary N) is 2. The molecule has 9 heteroatoms. The van der Waals surface area contributed by atoms with Crippen LogP contribution in [-0.2, 0) is 12.3 Å². The van der Waals surface area contributed by atoms with Crippen molar-refractivity contribution in [3.8, 4) is 6.07 Å². The molecule has 0 aliphatic heterocycles. The van der Waals surface area contributed by atoms with Crippen LogP contribution < -0.4 is 10.9 Å². The van der Waals surface area contributed by atoms with Gasteiger partial charge in [0.25, 0.3) is 5.56 Å². The molecule has 2 N–H and O–H groups in total. The number of H-pyrrole nitrogens is 1. The fourth-order valence-electron chi connectivity index (χ4n) is 3.22. The summed E-state index contributed by atoms with van der Waals surface area (Å²) in [5.74, 6) is 1.84. The highest BCUT2D eigenvalue weighted by molar-refractivity contribution is 7.98. The molecular formula is C23H24ClN5O2S. The molecule has 2 aromatic carbocycles. The molecular weight excluding hydrogens is 446 g/mol. The number of hydrogen-bond donors (Lipinski definition) is 2. The summed E-state index contributed by atoms with van der Waals surface area (Å²) >= 11 is 7.68. The Labute approximate surface area is 195 Å². The van der Waals surface area contributed by atoms with Crippen molar-refractivity contribution >= 4 is 40.3 Å². The molecule has 0 fully saturated rings. The number of nitriles is 1. The lowest BCUT2D eigenvalue weighted by Gasteiger charge is -2.22. The first-order valence-corrected chi connectivity index (χ1v) is 11.8. The van der Waals surface area contributed by atoms with E-state index in [-0.39, 0.29) is 18.1 Å². The number of fused-ring (bicyclic) bond motifs is 1. The molecule has 0 radical (unpaired) electrons. The minimum absolute atomic E-state index is 0.194. The molecule has 0 saturated carbocycles. The zero-order valence-corrected chi connectivity index (χ0v) is 19.3. The first-order chi connectivity index (χ1) is 15.5. The van der Waals surface area contributed by atoms with Gasteiger partial charge in [-0.2, -0.15) is 17.0 Å². The van der Waals surface area contributed by atoms with E-state index in [1.54, 1.807) is 40.9 Å². The molecule has 3 rings (SSSR count). The Morgan fingerprint density at radius 2 is 2.12 bits per heavy atom. The topological polar surface area (TPSA) is 102 Å². The summed E-state index contributed by atoms with van der Waals surface area (Å²) in [4.78, 5) is 33.9. The molecule has 0 aliphatic rings. The first kappa shape index (κ1) is 23.6. The lowest BCUT2D eigenvalue weighted by molar-refractivity contribution is 0.194. The van der Waals surface area contributed by atoms with E-state index < -0.39 is 0 Å². The van der Waals surface area contributed by atoms with E-state index in [0.717, 1.165) is 17.7 Å². The van der Waals surface area contributed by atoms with Gasteiger partial charge in [0, 0.05) is 29.6 Å². The van der Waals surface area contributed by atoms with E-state index in [1.807, 2.05) is 25.1 Å². The molecule has 7 nitrogen and oxygen atoms in total. The van der Waals surface area contributed by atoms with Gasteiger partial charge in [0.15, 0.2) is 0 Å². The van der Waals surface area contributed by atoms with Crippen LogP contribution in [0.25, 0.3) is 10.9 Å². The summed E-state index contributed by atoms with van der Waals surface area (Å²) in [5, 5.41) is 13.0. The number of rotatable bonds is 9. The van der Waals surface area contributed by atoms with Crippen LogP contribution in [0.1, 0.15) is 30.3 Å². The number of aromatic nitrogens is 2. The van der Waals surface area contributed by atoms with Crippen molar-refractivity contribution in [2.24, 2.45) is 0 Å². The zero-order chi connectivity index (χ0) is 22.9. The maximum absolute atomic E-state index is 12.7. The van der Waals surface area contributed by atoms with Crippen molar-refractivity contribution < 1.29 is 4.79 Å². The van der Waals surface area contributed by atoms with Crippen molar-refractivity contribution in [2.75, 3.05) is 18.8 Å². The van der Waals surface area contributed by atoms with E-state index in [1.165, 1.54) is 0 Å². The fourth-order valence-corrected chi connectivity index (χ4v) is 4.25. The van der Waals surface area contributed by atoms with Crippen molar-refractivity contribution in [3.05, 3.63) is 74.8 Å². The SMILES string of the molecule is CCCN(Cc1nc2cc(Cl)ccc2c(=O)[nH]1)C(=O)NCCSCc1ccccc1C#N. The van der Waals surface area contributed by atoms with Crippen LogP contribution in [0.5, 0.6) is 0 Å². The minimum atomic E-state index is -0.257. The molecule has 2 amide bonds. The maximum Gasteiger partial charge on any atom is 0.317 e. The summed E-state index contributed by atoms with van der Waals surface area (Å²) in [6.07, 6.45) is 0.775. The number of benzene rings is 2. The molecule has 0 bridgehead atoms. The van der Waals surface area contributed by atoms with Gasteiger partial charge < -0.3 is 15.2 Å². The largest absolute Gasteiger partial charge is 0.337 e. The second-order valence-electron chi connectivity index (χ2n) is 7.15. The van der Waals surface area contributed by atoms with Crippen LogP contribution in [0.15, 0.2) is 47.3 Å². The Hall–Kier alpha value is -3.02. The number of carbonyl (C=O) groups is 1. The van der Waals surface area contributed by atoms with E-state index in [0.29, 0.717) is 46.2 Å². The van der Waals surface area contributed by atoms with Crippen molar-refractivity contribution in [1.82, 2.24) is 20.2 Å². The second-order valence-corrected chi connectivity index (χ2v) is 8.69. The lowest BCUT2D eigenvalue weighted by Crippen LogP contribution is -2.41. The Morgan fingerprint density at radius 1 is 1.31 bits per heavy atom. The van der Waals surface area contributed by atoms with Crippen molar-refractivity contribution in [1.29, 1.82) is 5.26 Å². The van der Waals surface area contributed by atoms with Gasteiger partial charge in [-0.1, -0.05) is 36.7 Å². The Kier molecular flexibility index (Phi) is 8.54. The maximum atomic E-state index is 12.7. The number of amides is 2. The normalized spacial score (nSPS) is 10.7. The molecule has 0 atom stereocenters.